The van der Waals surface area contributed by atoms with Crippen LogP contribution in [0.25, 0.3) is 0 Å². The van der Waals surface area contributed by atoms with Crippen molar-refractivity contribution in [3.63, 3.8) is 0 Å². The Balaban J connectivity index is 0.00000256. The maximum atomic E-state index is 9.46. The smallest absolute Gasteiger partial charge is 0.136 e. The number of rotatable bonds is 3. The molecule has 96 valence electrons. The molecule has 2 nitrogen and oxygen atoms in total. The molecule has 0 saturated carbocycles. The van der Waals surface area contributed by atoms with Crippen LogP contribution in [0.1, 0.15) is 27.2 Å². The lowest BCUT2D eigenvalue weighted by atomic mass is 10.1. The van der Waals surface area contributed by atoms with Gasteiger partial charge < -0.3 is 5.11 Å². The zero-order chi connectivity index (χ0) is 12.3. The van der Waals surface area contributed by atoms with Gasteiger partial charge in [0.2, 0.25) is 0 Å². The summed E-state index contributed by atoms with van der Waals surface area (Å²) in [6.07, 6.45) is 0.877. The Morgan fingerprint density at radius 2 is 1.94 bits per heavy atom. The van der Waals surface area contributed by atoms with E-state index < -0.39 is 0 Å². The molecule has 0 amide bonds. The van der Waals surface area contributed by atoms with E-state index in [-0.39, 0.29) is 23.2 Å². The molecule has 0 atom stereocenters. The molecular weight excluding hydrogens is 280 g/mol. The summed E-state index contributed by atoms with van der Waals surface area (Å²) >= 11 is 11.9. The van der Waals surface area contributed by atoms with Gasteiger partial charge in [0.1, 0.15) is 16.5 Å². The third-order valence-corrected chi connectivity index (χ3v) is 2.73. The molecule has 1 rings (SSSR count). The van der Waals surface area contributed by atoms with Crippen LogP contribution in [0, 0.1) is 5.92 Å². The molecule has 0 radical (unpaired) electrons. The van der Waals surface area contributed by atoms with Crippen molar-refractivity contribution in [2.75, 3.05) is 0 Å². The maximum absolute atomic E-state index is 9.46. The highest BCUT2D eigenvalue weighted by atomic mass is 35.5. The van der Waals surface area contributed by atoms with Crippen LogP contribution in [-0.4, -0.2) is 10.8 Å². The number of hydrogen-bond donors (Lipinski definition) is 1. The van der Waals surface area contributed by atoms with E-state index in [1.165, 1.54) is 6.07 Å². The highest BCUT2D eigenvalue weighted by Gasteiger charge is 2.09. The number of phenols is 1. The summed E-state index contributed by atoms with van der Waals surface area (Å²) in [6.45, 7) is 6.16. The third-order valence-electron chi connectivity index (χ3n) is 2.05. The Hall–Kier alpha value is -0.440. The van der Waals surface area contributed by atoms with Gasteiger partial charge in [-0.2, -0.15) is 0 Å². The zero-order valence-corrected chi connectivity index (χ0v) is 12.3. The van der Waals surface area contributed by atoms with Crippen molar-refractivity contribution >= 4 is 47.0 Å². The molecule has 0 bridgehead atoms. The average Bonchev–Trinajstić information content (AvgIpc) is 2.17. The number of aromatic hydroxyl groups is 1. The van der Waals surface area contributed by atoms with Crippen molar-refractivity contribution in [1.29, 1.82) is 0 Å². The van der Waals surface area contributed by atoms with Crippen molar-refractivity contribution in [2.24, 2.45) is 10.9 Å². The molecule has 0 aromatic heterocycles. The third kappa shape index (κ3) is 4.74. The number of aliphatic imine (C=N–C) groups is 1. The van der Waals surface area contributed by atoms with E-state index in [0.29, 0.717) is 16.6 Å². The molecule has 0 aliphatic rings. The molecule has 1 aromatic rings. The maximum Gasteiger partial charge on any atom is 0.136 e. The summed E-state index contributed by atoms with van der Waals surface area (Å²) in [5.74, 6) is 0.528. The quantitative estimate of drug-likeness (QED) is 0.758. The van der Waals surface area contributed by atoms with Crippen LogP contribution in [0.3, 0.4) is 0 Å². The zero-order valence-electron chi connectivity index (χ0n) is 10.00. The number of nitrogens with zero attached hydrogens (tertiary/aromatic N) is 1. The molecule has 1 N–H and O–H groups in total. The molecule has 17 heavy (non-hydrogen) atoms. The molecular formula is C12H16Cl3NO. The van der Waals surface area contributed by atoms with E-state index in [9.17, 15) is 5.11 Å². The van der Waals surface area contributed by atoms with E-state index in [4.69, 9.17) is 23.2 Å². The van der Waals surface area contributed by atoms with Crippen LogP contribution in [0.2, 0.25) is 10.0 Å². The lowest BCUT2D eigenvalue weighted by Crippen LogP contribution is -1.97. The normalized spacial score (nSPS) is 11.5. The van der Waals surface area contributed by atoms with Gasteiger partial charge in [-0.05, 0) is 31.4 Å². The number of benzene rings is 1. The van der Waals surface area contributed by atoms with Crippen molar-refractivity contribution < 1.29 is 5.11 Å². The summed E-state index contributed by atoms with van der Waals surface area (Å²) in [5, 5.41) is 10.1. The van der Waals surface area contributed by atoms with Gasteiger partial charge in [-0.15, -0.1) is 12.4 Å². The first kappa shape index (κ1) is 16.6. The van der Waals surface area contributed by atoms with Crippen molar-refractivity contribution in [3.8, 4) is 5.75 Å². The topological polar surface area (TPSA) is 32.6 Å². The molecule has 5 heteroatoms. The van der Waals surface area contributed by atoms with Crippen molar-refractivity contribution in [3.05, 3.63) is 22.2 Å². The highest BCUT2D eigenvalue weighted by molar-refractivity contribution is 6.39. The van der Waals surface area contributed by atoms with Crippen molar-refractivity contribution in [1.82, 2.24) is 0 Å². The van der Waals surface area contributed by atoms with Crippen molar-refractivity contribution in [2.45, 2.75) is 27.2 Å². The number of phenolic OH excluding ortho intramolecular Hbond substituents is 1. The van der Waals surface area contributed by atoms with Crippen LogP contribution >= 0.6 is 35.6 Å². The molecule has 0 aliphatic heterocycles. The predicted octanol–water partition coefficient (Wildman–Crippen LogP) is 5.26. The van der Waals surface area contributed by atoms with Gasteiger partial charge in [0.05, 0.1) is 5.02 Å². The van der Waals surface area contributed by atoms with Crippen LogP contribution in [-0.2, 0) is 0 Å². The Kier molecular flexibility index (Phi) is 6.91. The Labute approximate surface area is 118 Å². The van der Waals surface area contributed by atoms with Crippen LogP contribution in [0.5, 0.6) is 5.75 Å². The summed E-state index contributed by atoms with van der Waals surface area (Å²) in [5.41, 5.74) is 1.39. The summed E-state index contributed by atoms with van der Waals surface area (Å²) in [7, 11) is 0. The average molecular weight is 297 g/mol. The fraction of sp³-hybridized carbons (Fsp3) is 0.417. The van der Waals surface area contributed by atoms with Gasteiger partial charge in [-0.3, -0.25) is 4.99 Å². The molecule has 0 saturated heterocycles. The first-order chi connectivity index (χ1) is 7.41. The van der Waals surface area contributed by atoms with E-state index >= 15 is 0 Å². The summed E-state index contributed by atoms with van der Waals surface area (Å²) < 4.78 is 0. The van der Waals surface area contributed by atoms with Crippen LogP contribution in [0.4, 0.5) is 5.69 Å². The fourth-order valence-electron chi connectivity index (χ4n) is 1.46. The first-order valence-electron chi connectivity index (χ1n) is 5.13. The Bertz CT molecular complexity index is 416. The minimum atomic E-state index is 0. The Morgan fingerprint density at radius 3 is 2.47 bits per heavy atom. The van der Waals surface area contributed by atoms with E-state index in [0.717, 1.165) is 12.1 Å². The van der Waals surface area contributed by atoms with Gasteiger partial charge in [-0.1, -0.05) is 37.0 Å². The fourth-order valence-corrected chi connectivity index (χ4v) is 1.92. The molecule has 0 unspecified atom stereocenters. The standard InChI is InChI=1S/C12H15Cl2NO.ClH/c1-7(2)6-8(3)15-12-9(13)4-5-10(16)11(12)14;/h4-5,7,16H,6H2,1-3H3;1H. The molecule has 0 heterocycles. The number of halogens is 3. The van der Waals surface area contributed by atoms with E-state index in [2.05, 4.69) is 18.8 Å². The van der Waals surface area contributed by atoms with Gasteiger partial charge in [0.25, 0.3) is 0 Å². The second kappa shape index (κ2) is 7.10. The summed E-state index contributed by atoms with van der Waals surface area (Å²) in [6, 6.07) is 3.05. The second-order valence-corrected chi connectivity index (χ2v) is 4.96. The van der Waals surface area contributed by atoms with Gasteiger partial charge >= 0.3 is 0 Å². The number of hydrogen-bond acceptors (Lipinski definition) is 2. The predicted molar refractivity (Wildman–Crippen MR) is 77.6 cm³/mol. The van der Waals surface area contributed by atoms with E-state index in [1.807, 2.05) is 6.92 Å². The lowest BCUT2D eigenvalue weighted by molar-refractivity contribution is 0.476. The van der Waals surface area contributed by atoms with E-state index in [1.54, 1.807) is 6.07 Å². The van der Waals surface area contributed by atoms with Gasteiger partial charge in [0.15, 0.2) is 0 Å². The SMILES string of the molecule is CC(CC(C)C)=Nc1c(Cl)ccc(O)c1Cl.Cl. The van der Waals surface area contributed by atoms with Crippen LogP contribution < -0.4 is 0 Å². The lowest BCUT2D eigenvalue weighted by Gasteiger charge is -2.07. The molecule has 1 aromatic carbocycles. The second-order valence-electron chi connectivity index (χ2n) is 4.17. The minimum Gasteiger partial charge on any atom is -0.506 e. The Morgan fingerprint density at radius 1 is 1.35 bits per heavy atom. The highest BCUT2D eigenvalue weighted by Crippen LogP contribution is 2.39. The molecule has 0 spiro atoms. The van der Waals surface area contributed by atoms with Gasteiger partial charge in [-0.25, -0.2) is 0 Å². The minimum absolute atomic E-state index is 0. The first-order valence-corrected chi connectivity index (χ1v) is 5.88. The molecule has 0 fully saturated rings. The summed E-state index contributed by atoms with van der Waals surface area (Å²) in [4.78, 5) is 4.35. The van der Waals surface area contributed by atoms with Gasteiger partial charge in [0, 0.05) is 5.71 Å². The molecule has 0 aliphatic carbocycles. The largest absolute Gasteiger partial charge is 0.506 e. The monoisotopic (exact) mass is 295 g/mol. The van der Waals surface area contributed by atoms with Crippen LogP contribution in [0.15, 0.2) is 17.1 Å².